The number of benzene rings is 6. The molecule has 9 aromatic rings. The predicted octanol–water partition coefficient (Wildman–Crippen LogP) is -1.82. The van der Waals surface area contributed by atoms with Gasteiger partial charge < -0.3 is 111 Å². The van der Waals surface area contributed by atoms with Gasteiger partial charge in [0.15, 0.2) is 17.7 Å². The Labute approximate surface area is 804 Å². The molecule has 0 spiro atoms. The van der Waals surface area contributed by atoms with Gasteiger partial charge >= 0.3 is 23.9 Å². The summed E-state index contributed by atoms with van der Waals surface area (Å²) in [7, 11) is 1.22. The van der Waals surface area contributed by atoms with Gasteiger partial charge in [0.25, 0.3) is 5.91 Å². The molecular formula is C95H120N26O19. The van der Waals surface area contributed by atoms with Crippen molar-refractivity contribution < 1.29 is 92.3 Å². The molecule has 26 N–H and O–H groups in total. The summed E-state index contributed by atoms with van der Waals surface area (Å²) < 4.78 is 0. The van der Waals surface area contributed by atoms with Crippen LogP contribution >= 0.6 is 0 Å². The highest BCUT2D eigenvalue weighted by molar-refractivity contribution is 6.09. The number of ketones is 1. The molecule has 9 atom stereocenters. The zero-order chi connectivity index (χ0) is 100. The molecule has 6 aromatic carbocycles. The summed E-state index contributed by atoms with van der Waals surface area (Å²) >= 11 is 0. The predicted molar refractivity (Wildman–Crippen MR) is 514 cm³/mol. The fourth-order valence-corrected chi connectivity index (χ4v) is 16.8. The van der Waals surface area contributed by atoms with Crippen LogP contribution in [0.15, 0.2) is 171 Å². The van der Waals surface area contributed by atoms with Gasteiger partial charge in [0.2, 0.25) is 53.2 Å². The van der Waals surface area contributed by atoms with Crippen LogP contribution in [0.5, 0.6) is 0 Å². The number of carbonyl (C=O) groups excluding carboxylic acids is 12. The number of nitrogens with two attached hydrogens (primary N) is 3. The molecule has 45 heteroatoms. The lowest BCUT2D eigenvalue weighted by Crippen LogP contribution is -2.62. The molecule has 11 rings (SSSR count). The fourth-order valence-electron chi connectivity index (χ4n) is 16.8. The summed E-state index contributed by atoms with van der Waals surface area (Å²) in [5.74, 6) is -13.9. The van der Waals surface area contributed by atoms with Crippen molar-refractivity contribution in [3.05, 3.63) is 210 Å². The number of aliphatic carboxylic acids is 3. The van der Waals surface area contributed by atoms with E-state index in [9.17, 15) is 54.0 Å². The van der Waals surface area contributed by atoms with Crippen molar-refractivity contribution in [1.82, 2.24) is 108 Å². The third-order valence-corrected chi connectivity index (χ3v) is 24.2. The highest BCUT2D eigenvalue weighted by Gasteiger charge is 2.42. The molecule has 3 aromatic heterocycles. The number of amides is 12. The van der Waals surface area contributed by atoms with Crippen molar-refractivity contribution in [3.8, 4) is 0 Å². The van der Waals surface area contributed by atoms with E-state index in [4.69, 9.17) is 28.0 Å². The first-order valence-corrected chi connectivity index (χ1v) is 45.8. The molecular weight excluding hydrogens is 1810 g/mol. The Morgan fingerprint density at radius 3 is 1.34 bits per heavy atom. The largest absolute Gasteiger partial charge is 0.480 e. The quantitative estimate of drug-likeness (QED) is 0.00656. The lowest BCUT2D eigenvalue weighted by molar-refractivity contribution is -0.142. The topological polar surface area (TPSA) is 675 Å². The number of H-pyrrole nitrogens is 3. The number of para-hydroxylation sites is 2. The molecule has 2 aliphatic heterocycles. The number of carboxylic acids is 3. The van der Waals surface area contributed by atoms with E-state index < -0.39 is 189 Å². The SMILES string of the molecule is CN(NC(=O)[C@@H]1CCCN1C(=O)[C@@H](Cc1ccc(C(=O)c2ccccc2)cc1)NC(=O)[C@H](Cc1c[nH]c2ccccc12)NC(=O)[C@@H](CCCNC(=N)N)NC(=O)[C@H](Cc1cnc[nH]1)NC(=O)[C@H](CO)NC(=O)[C@H](Cc1c[nH]c2ccccc12)NC(=O)[C@H](CCCNC(=N)N)NC(=O)[C@H](Cc1ccc2ccccc2c1)NC(=O)CN1CCN(CC(=O)O)CCN(CC(=O)O)CCN(CC(=O)O)CC1)C(N)=O. The van der Waals surface area contributed by atoms with Gasteiger partial charge in [0.05, 0.1) is 39.1 Å². The number of hydrazine groups is 1. The Morgan fingerprint density at radius 2 is 0.864 bits per heavy atom. The Morgan fingerprint density at radius 1 is 0.450 bits per heavy atom. The average molecular weight is 1930 g/mol. The molecule has 140 heavy (non-hydrogen) atoms. The maximum atomic E-state index is 15.6. The van der Waals surface area contributed by atoms with E-state index in [1.54, 1.807) is 141 Å². The number of nitrogens with one attached hydrogen (secondary N) is 16. The third-order valence-electron chi connectivity index (χ3n) is 24.2. The van der Waals surface area contributed by atoms with Crippen LogP contribution in [0.3, 0.4) is 0 Å². The number of nitrogens with zero attached hydrogens (tertiary/aromatic N) is 7. The standard InChI is InChI=1S/C95H120N26O19/c1-116(95(100)140)115-91(138)78-24-13-33-121(78)92(139)76(43-57-25-29-61(30-26-57)83(130)60-15-3-2-4-16-60)113-87(134)73(45-63-48-104-68-20-9-7-18-66(63)68)110-85(132)71(23-12-32-103-94(98)99)109-89(136)75(47-65-50-101-56-106-65)112-90(137)77(55-122)114-88(135)74(46-64-49-105-69-21-10-8-19-67(64)69)111-84(131)70(22-11-31-102-93(96)97)108-86(133)72(44-58-27-28-59-14-5-6-17-62(59)42-58)107-79(123)51-117-34-36-118(52-80(124)125)38-40-120(54-82(128)129)41-39-119(37-35-117)53-81(126)127/h2-10,14-21,25-30,42,48-50,56,70-78,104-105,122H,11-13,22-24,31-41,43-47,51-55H2,1H3,(H2,100,140)(H,101,106)(H,107,123)(H,108,133)(H,109,136)(H,110,132)(H,111,131)(H,112,137)(H,113,134)(H,114,135)(H,115,138)(H,124,125)(H,126,127)(H,128,129)(H4,96,97,102)(H4,98,99,103)/t70-,71+,72-,73-,74-,75-,76+,77-,78-/m0/s1. The van der Waals surface area contributed by atoms with Gasteiger partial charge in [-0.1, -0.05) is 133 Å². The number of imidazole rings is 1. The number of aromatic nitrogens is 4. The molecule has 12 amide bonds. The van der Waals surface area contributed by atoms with Crippen molar-refractivity contribution in [2.24, 2.45) is 17.2 Å². The van der Waals surface area contributed by atoms with Gasteiger partial charge in [-0.15, -0.1) is 0 Å². The maximum Gasteiger partial charge on any atom is 0.333 e. The second-order valence-electron chi connectivity index (χ2n) is 34.4. The number of hydrogen-bond acceptors (Lipinski definition) is 23. The van der Waals surface area contributed by atoms with E-state index >= 15 is 38.4 Å². The van der Waals surface area contributed by atoms with Crippen LogP contribution in [-0.4, -0.2) is 337 Å². The zero-order valence-corrected chi connectivity index (χ0v) is 77.2. The molecule has 2 saturated heterocycles. The van der Waals surface area contributed by atoms with Crippen LogP contribution in [0, 0.1) is 10.8 Å². The smallest absolute Gasteiger partial charge is 0.333 e. The number of aliphatic hydroxyl groups excluding tert-OH is 1. The van der Waals surface area contributed by atoms with Crippen LogP contribution in [0.1, 0.15) is 82.4 Å². The number of carboxylic acid groups (broad SMARTS) is 3. The second kappa shape index (κ2) is 51.4. The number of aliphatic hydroxyl groups is 1. The summed E-state index contributed by atoms with van der Waals surface area (Å²) in [5.41, 5.74) is 23.4. The number of likely N-dealkylation sites (tertiary alicyclic amines) is 1. The second-order valence-corrected chi connectivity index (χ2v) is 34.4. The van der Waals surface area contributed by atoms with Gasteiger partial charge in [0, 0.05) is 168 Å². The van der Waals surface area contributed by atoms with Crippen molar-refractivity contribution in [1.29, 1.82) is 10.8 Å². The number of guanidine groups is 2. The lowest BCUT2D eigenvalue weighted by atomic mass is 9.98. The number of urea groups is 1. The minimum Gasteiger partial charge on any atom is -0.480 e. The van der Waals surface area contributed by atoms with E-state index in [1.807, 2.05) is 36.4 Å². The Bertz CT molecular complexity index is 5850. The normalized spacial score (nSPS) is 15.7. The van der Waals surface area contributed by atoms with Gasteiger partial charge in [0.1, 0.15) is 54.4 Å². The summed E-state index contributed by atoms with van der Waals surface area (Å²) in [5, 5.41) is 87.6. The average Bonchev–Trinajstić information content (AvgIpc) is 1.62. The van der Waals surface area contributed by atoms with Crippen LogP contribution in [0.4, 0.5) is 4.79 Å². The molecule has 0 unspecified atom stereocenters. The number of aromatic amines is 3. The molecule has 0 saturated carbocycles. The minimum atomic E-state index is -1.95. The first-order valence-electron chi connectivity index (χ1n) is 45.8. The van der Waals surface area contributed by atoms with E-state index in [2.05, 4.69) is 78.5 Å². The number of primary amides is 1. The molecule has 0 aliphatic carbocycles. The number of rotatable bonds is 46. The van der Waals surface area contributed by atoms with Gasteiger partial charge in [-0.3, -0.25) is 103 Å². The number of fused-ring (bicyclic) bond motifs is 3. The third kappa shape index (κ3) is 31.4. The Balaban J connectivity index is 0.857. The highest BCUT2D eigenvalue weighted by Crippen LogP contribution is 2.26. The van der Waals surface area contributed by atoms with Crippen molar-refractivity contribution in [3.63, 3.8) is 0 Å². The number of hydrogen-bond donors (Lipinski definition) is 23. The lowest BCUT2D eigenvalue weighted by Gasteiger charge is -2.33. The number of carbonyl (C=O) groups is 15. The minimum absolute atomic E-state index is 0.00663. The van der Waals surface area contributed by atoms with E-state index in [1.165, 1.54) is 24.5 Å². The molecule has 2 fully saturated rings. The van der Waals surface area contributed by atoms with Crippen LogP contribution < -0.4 is 75.8 Å². The maximum absolute atomic E-state index is 15.6. The van der Waals surface area contributed by atoms with Gasteiger partial charge in [-0.25, -0.2) is 14.8 Å². The summed E-state index contributed by atoms with van der Waals surface area (Å²) in [6.07, 6.45) is 4.47. The van der Waals surface area contributed by atoms with E-state index in [-0.39, 0.29) is 141 Å². The zero-order valence-electron chi connectivity index (χ0n) is 77.2. The first kappa shape index (κ1) is 105. The fraction of sp³-hybridized carbons (Fsp3) is 0.389. The van der Waals surface area contributed by atoms with Crippen molar-refractivity contribution in [2.45, 2.75) is 125 Å². The Kier molecular flexibility index (Phi) is 38.5. The van der Waals surface area contributed by atoms with Crippen LogP contribution in [0.2, 0.25) is 0 Å². The van der Waals surface area contributed by atoms with E-state index in [0.717, 1.165) is 15.8 Å². The monoisotopic (exact) mass is 1930 g/mol. The summed E-state index contributed by atoms with van der Waals surface area (Å²) in [4.78, 5) is 235. The van der Waals surface area contributed by atoms with Crippen molar-refractivity contribution >= 4 is 133 Å². The molecule has 744 valence electrons. The molecule has 2 aliphatic rings. The molecule has 5 heterocycles. The first-order chi connectivity index (χ1) is 67.2. The molecule has 0 bridgehead atoms. The van der Waals surface area contributed by atoms with Crippen LogP contribution in [0.25, 0.3) is 32.6 Å². The summed E-state index contributed by atoms with van der Waals surface area (Å²) in [6, 6.07) is 26.4. The van der Waals surface area contributed by atoms with Gasteiger partial charge in [-0.2, -0.15) is 0 Å². The molecule has 0 radical (unpaired) electrons. The Hall–Kier alpha value is -15.7. The summed E-state index contributed by atoms with van der Waals surface area (Å²) in [6.45, 7) is -2.25. The van der Waals surface area contributed by atoms with Gasteiger partial charge in [-0.05, 0) is 83.7 Å². The molecule has 45 nitrogen and oxygen atoms in total. The van der Waals surface area contributed by atoms with E-state index in [0.29, 0.717) is 61.6 Å². The van der Waals surface area contributed by atoms with Crippen molar-refractivity contribution in [2.75, 3.05) is 112 Å². The van der Waals surface area contributed by atoms with Crippen LogP contribution in [-0.2, 0) is 94.4 Å². The highest BCUT2D eigenvalue weighted by atomic mass is 16.4.